The van der Waals surface area contributed by atoms with Crippen LogP contribution in [0.5, 0.6) is 0 Å². The summed E-state index contributed by atoms with van der Waals surface area (Å²) in [5, 5.41) is 0. The lowest BCUT2D eigenvalue weighted by Gasteiger charge is -2.40. The third kappa shape index (κ3) is 4.30. The molecule has 2 atom stereocenters. The van der Waals surface area contributed by atoms with Crippen molar-refractivity contribution in [1.82, 2.24) is 0 Å². The lowest BCUT2D eigenvalue weighted by atomic mass is 9.92. The zero-order valence-electron chi connectivity index (χ0n) is 14.5. The molecule has 0 aliphatic heterocycles. The van der Waals surface area contributed by atoms with Gasteiger partial charge in [-0.15, -0.1) is 0 Å². The minimum absolute atomic E-state index is 0.291. The van der Waals surface area contributed by atoms with Crippen LogP contribution in [-0.2, 0) is 23.8 Å². The molecule has 128 valence electrons. The van der Waals surface area contributed by atoms with Crippen LogP contribution in [0.15, 0.2) is 30.3 Å². The fraction of sp³-hybridized carbons (Fsp3) is 0.529. The standard InChI is InChI=1S/C17H25NO5/c1-12(19)18(13-10-8-7-9-11-13)14(16(20)22-5)15(21-4)17(2,3)23-6/h7-11,14-15H,1-6H3/t14-,15?/m0/s1. The summed E-state index contributed by atoms with van der Waals surface area (Å²) in [6.45, 7) is 4.98. The summed E-state index contributed by atoms with van der Waals surface area (Å²) in [4.78, 5) is 26.1. The average Bonchev–Trinajstić information content (AvgIpc) is 2.54. The van der Waals surface area contributed by atoms with Gasteiger partial charge in [-0.3, -0.25) is 9.69 Å². The van der Waals surface area contributed by atoms with Crippen molar-refractivity contribution in [2.24, 2.45) is 0 Å². The van der Waals surface area contributed by atoms with E-state index in [1.807, 2.05) is 6.07 Å². The lowest BCUT2D eigenvalue weighted by molar-refractivity contribution is -0.157. The summed E-state index contributed by atoms with van der Waals surface area (Å²) < 4.78 is 15.9. The molecule has 0 heterocycles. The zero-order valence-corrected chi connectivity index (χ0v) is 14.5. The number of carbonyl (C=O) groups is 2. The Kier molecular flexibility index (Phi) is 6.72. The Morgan fingerprint density at radius 1 is 1.09 bits per heavy atom. The molecule has 6 heteroatoms. The molecule has 0 aromatic heterocycles. The van der Waals surface area contributed by atoms with Crippen molar-refractivity contribution >= 4 is 17.6 Å². The van der Waals surface area contributed by atoms with Crippen molar-refractivity contribution in [1.29, 1.82) is 0 Å². The second-order valence-corrected chi connectivity index (χ2v) is 5.66. The van der Waals surface area contributed by atoms with Crippen LogP contribution in [0.4, 0.5) is 5.69 Å². The van der Waals surface area contributed by atoms with Gasteiger partial charge in [-0.1, -0.05) is 18.2 Å². The first kappa shape index (κ1) is 19.1. The van der Waals surface area contributed by atoms with Crippen LogP contribution < -0.4 is 4.90 Å². The zero-order chi connectivity index (χ0) is 17.6. The number of carbonyl (C=O) groups excluding carboxylic acids is 2. The first-order valence-electron chi connectivity index (χ1n) is 7.30. The highest BCUT2D eigenvalue weighted by Gasteiger charge is 2.45. The molecule has 1 aromatic rings. The molecular formula is C17H25NO5. The maximum Gasteiger partial charge on any atom is 0.331 e. The molecule has 0 fully saturated rings. The largest absolute Gasteiger partial charge is 0.467 e. The van der Waals surface area contributed by atoms with Crippen molar-refractivity contribution < 1.29 is 23.8 Å². The van der Waals surface area contributed by atoms with Gasteiger partial charge in [0.05, 0.1) is 12.7 Å². The number of ether oxygens (including phenoxy) is 3. The summed E-state index contributed by atoms with van der Waals surface area (Å²) in [7, 11) is 4.29. The van der Waals surface area contributed by atoms with Crippen LogP contribution in [0.2, 0.25) is 0 Å². The van der Waals surface area contributed by atoms with E-state index in [0.29, 0.717) is 5.69 Å². The van der Waals surface area contributed by atoms with Gasteiger partial charge in [-0.2, -0.15) is 0 Å². The third-order valence-electron chi connectivity index (χ3n) is 3.85. The maximum absolute atomic E-state index is 12.4. The number of hydrogen-bond donors (Lipinski definition) is 0. The molecule has 1 rings (SSSR count). The monoisotopic (exact) mass is 323 g/mol. The van der Waals surface area contributed by atoms with Gasteiger partial charge in [0.15, 0.2) is 6.04 Å². The van der Waals surface area contributed by atoms with Crippen molar-refractivity contribution in [3.8, 4) is 0 Å². The van der Waals surface area contributed by atoms with Gasteiger partial charge in [-0.25, -0.2) is 4.79 Å². The molecule has 0 saturated carbocycles. The number of amides is 1. The van der Waals surface area contributed by atoms with Gasteiger partial charge in [0, 0.05) is 26.8 Å². The van der Waals surface area contributed by atoms with Crippen LogP contribution in [0.3, 0.4) is 0 Å². The first-order valence-corrected chi connectivity index (χ1v) is 7.30. The number of rotatable bonds is 7. The highest BCUT2D eigenvalue weighted by Crippen LogP contribution is 2.27. The van der Waals surface area contributed by atoms with Crippen LogP contribution >= 0.6 is 0 Å². The molecule has 0 bridgehead atoms. The van der Waals surface area contributed by atoms with Gasteiger partial charge in [0.25, 0.3) is 0 Å². The molecule has 23 heavy (non-hydrogen) atoms. The Morgan fingerprint density at radius 2 is 1.65 bits per heavy atom. The Bertz CT molecular complexity index is 529. The van der Waals surface area contributed by atoms with Crippen molar-refractivity contribution in [3.05, 3.63) is 30.3 Å². The number of para-hydroxylation sites is 1. The van der Waals surface area contributed by atoms with Crippen molar-refractivity contribution in [3.63, 3.8) is 0 Å². The van der Waals surface area contributed by atoms with Gasteiger partial charge < -0.3 is 14.2 Å². The number of benzene rings is 1. The van der Waals surface area contributed by atoms with Crippen molar-refractivity contribution in [2.45, 2.75) is 38.5 Å². The molecule has 1 unspecified atom stereocenters. The number of nitrogens with zero attached hydrogens (tertiary/aromatic N) is 1. The van der Waals surface area contributed by atoms with Crippen LogP contribution in [-0.4, -0.2) is 51.0 Å². The predicted octanol–water partition coefficient (Wildman–Crippen LogP) is 2.02. The summed E-state index contributed by atoms with van der Waals surface area (Å²) in [5.74, 6) is -0.860. The predicted molar refractivity (Wildman–Crippen MR) is 87.3 cm³/mol. The van der Waals surface area contributed by atoms with E-state index in [1.165, 1.54) is 33.2 Å². The van der Waals surface area contributed by atoms with E-state index in [4.69, 9.17) is 14.2 Å². The summed E-state index contributed by atoms with van der Waals surface area (Å²) in [5.41, 5.74) is -0.222. The third-order valence-corrected chi connectivity index (χ3v) is 3.85. The van der Waals surface area contributed by atoms with E-state index in [-0.39, 0.29) is 5.91 Å². The van der Waals surface area contributed by atoms with E-state index in [0.717, 1.165) is 0 Å². The smallest absolute Gasteiger partial charge is 0.331 e. The minimum atomic E-state index is -0.972. The van der Waals surface area contributed by atoms with Gasteiger partial charge >= 0.3 is 5.97 Å². The number of hydrogen-bond acceptors (Lipinski definition) is 5. The summed E-state index contributed by atoms with van der Waals surface area (Å²) in [6.07, 6.45) is -0.718. The van der Waals surface area contributed by atoms with Gasteiger partial charge in [0.2, 0.25) is 5.91 Å². The molecule has 1 aromatic carbocycles. The molecular weight excluding hydrogens is 298 g/mol. The van der Waals surface area contributed by atoms with E-state index in [1.54, 1.807) is 38.1 Å². The van der Waals surface area contributed by atoms with Crippen molar-refractivity contribution in [2.75, 3.05) is 26.2 Å². The molecule has 0 saturated heterocycles. The highest BCUT2D eigenvalue weighted by atomic mass is 16.6. The van der Waals surface area contributed by atoms with Crippen LogP contribution in [0.1, 0.15) is 20.8 Å². The molecule has 1 amide bonds. The Hall–Kier alpha value is -1.92. The van der Waals surface area contributed by atoms with E-state index in [9.17, 15) is 9.59 Å². The molecule has 0 spiro atoms. The second kappa shape index (κ2) is 8.08. The van der Waals surface area contributed by atoms with E-state index < -0.39 is 23.7 Å². The normalized spacial score (nSPS) is 14.0. The van der Waals surface area contributed by atoms with E-state index in [2.05, 4.69) is 0 Å². The lowest BCUT2D eigenvalue weighted by Crippen LogP contribution is -2.59. The average molecular weight is 323 g/mol. The Morgan fingerprint density at radius 3 is 2.04 bits per heavy atom. The highest BCUT2D eigenvalue weighted by molar-refractivity contribution is 5.98. The molecule has 0 aliphatic carbocycles. The SMILES string of the molecule is COC(=O)[C@H](C(OC)C(C)(C)OC)N(C(C)=O)c1ccccc1. The fourth-order valence-corrected chi connectivity index (χ4v) is 2.52. The van der Waals surface area contributed by atoms with Crippen LogP contribution in [0.25, 0.3) is 0 Å². The van der Waals surface area contributed by atoms with Crippen LogP contribution in [0, 0.1) is 0 Å². The summed E-state index contributed by atoms with van der Waals surface area (Å²) in [6, 6.07) is 7.96. The van der Waals surface area contributed by atoms with Gasteiger partial charge in [-0.05, 0) is 26.0 Å². The molecule has 0 radical (unpaired) electrons. The maximum atomic E-state index is 12.4. The Labute approximate surface area is 137 Å². The number of anilines is 1. The molecule has 0 aliphatic rings. The van der Waals surface area contributed by atoms with E-state index >= 15 is 0 Å². The molecule has 0 N–H and O–H groups in total. The fourth-order valence-electron chi connectivity index (χ4n) is 2.52. The number of methoxy groups -OCH3 is 3. The first-order chi connectivity index (χ1) is 10.8. The number of esters is 1. The Balaban J connectivity index is 3.43. The second-order valence-electron chi connectivity index (χ2n) is 5.66. The minimum Gasteiger partial charge on any atom is -0.467 e. The summed E-state index contributed by atoms with van der Waals surface area (Å²) >= 11 is 0. The molecule has 6 nitrogen and oxygen atoms in total. The topological polar surface area (TPSA) is 65.1 Å². The van der Waals surface area contributed by atoms with Gasteiger partial charge in [0.1, 0.15) is 6.10 Å². The quantitative estimate of drug-likeness (QED) is 0.718.